The Morgan fingerprint density at radius 1 is 1.10 bits per heavy atom. The van der Waals surface area contributed by atoms with E-state index < -0.39 is 5.91 Å². The van der Waals surface area contributed by atoms with Crippen LogP contribution in [0.2, 0.25) is 0 Å². The average molecular weight is 421 g/mol. The zero-order valence-corrected chi connectivity index (χ0v) is 17.2. The molecule has 0 spiro atoms. The van der Waals surface area contributed by atoms with Gasteiger partial charge >= 0.3 is 0 Å². The summed E-state index contributed by atoms with van der Waals surface area (Å²) in [5.74, 6) is -0.830. The Balaban J connectivity index is 1.76. The lowest BCUT2D eigenvalue weighted by molar-refractivity contribution is 0.0639. The predicted octanol–water partition coefficient (Wildman–Crippen LogP) is 4.50. The van der Waals surface area contributed by atoms with E-state index in [9.17, 15) is 13.6 Å². The monoisotopic (exact) mass is 421 g/mol. The Kier molecular flexibility index (Phi) is 5.70. The number of nitrogens with zero attached hydrogens (tertiary/aromatic N) is 5. The van der Waals surface area contributed by atoms with Crippen molar-refractivity contribution < 1.29 is 13.6 Å². The molecule has 6 nitrogen and oxygen atoms in total. The predicted molar refractivity (Wildman–Crippen MR) is 111 cm³/mol. The standard InChI is InChI=1S/C23H21F2N5O/c1-3-20(17-7-9-18(24)10-8-17)29(14-16-5-4-6-19(25)13-16)22(31)21-27-23-26-12-11-15(2)30(23)28-21/h4-13,20H,3,14H2,1-2H3. The molecule has 0 aliphatic rings. The molecule has 0 fully saturated rings. The van der Waals surface area contributed by atoms with Crippen molar-refractivity contribution in [2.24, 2.45) is 0 Å². The summed E-state index contributed by atoms with van der Waals surface area (Å²) in [5, 5.41) is 4.33. The van der Waals surface area contributed by atoms with E-state index in [0.717, 1.165) is 11.3 Å². The van der Waals surface area contributed by atoms with Crippen LogP contribution in [0.25, 0.3) is 5.78 Å². The van der Waals surface area contributed by atoms with Crippen molar-refractivity contribution in [2.75, 3.05) is 0 Å². The number of hydrogen-bond donors (Lipinski definition) is 0. The number of benzene rings is 2. The van der Waals surface area contributed by atoms with Gasteiger partial charge in [-0.05, 0) is 54.8 Å². The highest BCUT2D eigenvalue weighted by Crippen LogP contribution is 2.28. The number of rotatable bonds is 6. The minimum absolute atomic E-state index is 0.00114. The Labute approximate surface area is 178 Å². The summed E-state index contributed by atoms with van der Waals surface area (Å²) in [6.07, 6.45) is 2.17. The molecule has 0 saturated heterocycles. The van der Waals surface area contributed by atoms with Crippen LogP contribution in [0.4, 0.5) is 8.78 Å². The second-order valence-corrected chi connectivity index (χ2v) is 7.27. The van der Waals surface area contributed by atoms with Gasteiger partial charge in [-0.25, -0.2) is 18.3 Å². The molecule has 0 bridgehead atoms. The van der Waals surface area contributed by atoms with Gasteiger partial charge in [-0.15, -0.1) is 5.10 Å². The molecule has 1 atom stereocenters. The third-order valence-electron chi connectivity index (χ3n) is 5.14. The summed E-state index contributed by atoms with van der Waals surface area (Å²) in [7, 11) is 0. The summed E-state index contributed by atoms with van der Waals surface area (Å²) < 4.78 is 28.8. The van der Waals surface area contributed by atoms with Crippen LogP contribution in [0.1, 0.15) is 46.8 Å². The highest BCUT2D eigenvalue weighted by molar-refractivity contribution is 5.91. The maximum Gasteiger partial charge on any atom is 0.294 e. The molecule has 0 radical (unpaired) electrons. The number of amides is 1. The quantitative estimate of drug-likeness (QED) is 0.460. The molecular weight excluding hydrogens is 400 g/mol. The maximum atomic E-state index is 13.8. The Morgan fingerprint density at radius 2 is 1.87 bits per heavy atom. The van der Waals surface area contributed by atoms with Crippen molar-refractivity contribution in [2.45, 2.75) is 32.9 Å². The number of hydrogen-bond acceptors (Lipinski definition) is 4. The molecule has 2 aromatic heterocycles. The van der Waals surface area contributed by atoms with Gasteiger partial charge in [0.05, 0.1) is 6.04 Å². The first-order valence-electron chi connectivity index (χ1n) is 9.95. The number of aromatic nitrogens is 4. The third-order valence-corrected chi connectivity index (χ3v) is 5.14. The van der Waals surface area contributed by atoms with Gasteiger partial charge in [0, 0.05) is 18.4 Å². The first-order chi connectivity index (χ1) is 15.0. The van der Waals surface area contributed by atoms with Gasteiger partial charge in [-0.1, -0.05) is 31.2 Å². The van der Waals surface area contributed by atoms with E-state index in [-0.39, 0.29) is 30.0 Å². The minimum Gasteiger partial charge on any atom is -0.325 e. The van der Waals surface area contributed by atoms with Crippen LogP contribution in [0, 0.1) is 18.6 Å². The van der Waals surface area contributed by atoms with Crippen LogP contribution in [-0.4, -0.2) is 30.4 Å². The number of aryl methyl sites for hydroxylation is 1. The van der Waals surface area contributed by atoms with Crippen LogP contribution < -0.4 is 0 Å². The molecule has 0 aliphatic carbocycles. The highest BCUT2D eigenvalue weighted by Gasteiger charge is 2.28. The van der Waals surface area contributed by atoms with Crippen LogP contribution in [-0.2, 0) is 6.54 Å². The number of carbonyl (C=O) groups excluding carboxylic acids is 1. The molecule has 8 heteroatoms. The van der Waals surface area contributed by atoms with Crippen LogP contribution >= 0.6 is 0 Å². The van der Waals surface area contributed by atoms with Gasteiger partial charge in [0.25, 0.3) is 11.7 Å². The van der Waals surface area contributed by atoms with E-state index in [1.54, 1.807) is 41.4 Å². The zero-order valence-electron chi connectivity index (χ0n) is 17.2. The van der Waals surface area contributed by atoms with Gasteiger partial charge in [0.1, 0.15) is 11.6 Å². The molecule has 1 amide bonds. The maximum absolute atomic E-state index is 13.8. The highest BCUT2D eigenvalue weighted by atomic mass is 19.1. The van der Waals surface area contributed by atoms with E-state index in [4.69, 9.17) is 0 Å². The van der Waals surface area contributed by atoms with Gasteiger partial charge in [-0.2, -0.15) is 4.98 Å². The lowest BCUT2D eigenvalue weighted by atomic mass is 10.0. The molecule has 2 aromatic carbocycles. The van der Waals surface area contributed by atoms with Crippen molar-refractivity contribution in [3.63, 3.8) is 0 Å². The largest absolute Gasteiger partial charge is 0.325 e. The van der Waals surface area contributed by atoms with Gasteiger partial charge in [0.15, 0.2) is 0 Å². The molecule has 1 unspecified atom stereocenters. The summed E-state index contributed by atoms with van der Waals surface area (Å²) in [5.41, 5.74) is 2.19. The van der Waals surface area contributed by atoms with E-state index in [1.165, 1.54) is 28.8 Å². The topological polar surface area (TPSA) is 63.4 Å². The van der Waals surface area contributed by atoms with Crippen molar-refractivity contribution in [3.8, 4) is 0 Å². The fourth-order valence-corrected chi connectivity index (χ4v) is 3.60. The smallest absolute Gasteiger partial charge is 0.294 e. The molecular formula is C23H21F2N5O. The fourth-order valence-electron chi connectivity index (χ4n) is 3.60. The minimum atomic E-state index is -0.412. The molecule has 31 heavy (non-hydrogen) atoms. The van der Waals surface area contributed by atoms with Crippen molar-refractivity contribution in [3.05, 3.63) is 95.1 Å². The lowest BCUT2D eigenvalue weighted by Gasteiger charge is -2.31. The molecule has 158 valence electrons. The van der Waals surface area contributed by atoms with E-state index in [2.05, 4.69) is 15.1 Å². The number of halogens is 2. The van der Waals surface area contributed by atoms with Gasteiger partial charge in [0.2, 0.25) is 5.82 Å². The summed E-state index contributed by atoms with van der Waals surface area (Å²) >= 11 is 0. The zero-order chi connectivity index (χ0) is 22.0. The Bertz CT molecular complexity index is 1220. The molecule has 4 rings (SSSR count). The SMILES string of the molecule is CCC(c1ccc(F)cc1)N(Cc1cccc(F)c1)C(=O)c1nc2nccc(C)n2n1. The number of fused-ring (bicyclic) bond motifs is 1. The normalized spacial score (nSPS) is 12.1. The summed E-state index contributed by atoms with van der Waals surface area (Å²) in [6.45, 7) is 3.92. The Morgan fingerprint density at radius 3 is 2.55 bits per heavy atom. The summed E-state index contributed by atoms with van der Waals surface area (Å²) in [4.78, 5) is 23.6. The average Bonchev–Trinajstić information content (AvgIpc) is 3.20. The lowest BCUT2D eigenvalue weighted by Crippen LogP contribution is -2.35. The van der Waals surface area contributed by atoms with Crippen LogP contribution in [0.15, 0.2) is 60.8 Å². The van der Waals surface area contributed by atoms with Crippen molar-refractivity contribution in [1.82, 2.24) is 24.5 Å². The van der Waals surface area contributed by atoms with Crippen molar-refractivity contribution >= 4 is 11.7 Å². The second-order valence-electron chi connectivity index (χ2n) is 7.27. The molecule has 2 heterocycles. The fraction of sp³-hybridized carbons (Fsp3) is 0.217. The van der Waals surface area contributed by atoms with E-state index >= 15 is 0 Å². The third kappa shape index (κ3) is 4.28. The van der Waals surface area contributed by atoms with Gasteiger partial charge in [-0.3, -0.25) is 4.79 Å². The van der Waals surface area contributed by atoms with Crippen LogP contribution in [0.3, 0.4) is 0 Å². The first kappa shape index (κ1) is 20.6. The first-order valence-corrected chi connectivity index (χ1v) is 9.95. The number of carbonyl (C=O) groups is 1. The van der Waals surface area contributed by atoms with Crippen molar-refractivity contribution in [1.29, 1.82) is 0 Å². The molecule has 0 N–H and O–H groups in total. The molecule has 0 saturated carbocycles. The summed E-state index contributed by atoms with van der Waals surface area (Å²) in [6, 6.07) is 13.5. The molecule has 4 aromatic rings. The Hall–Kier alpha value is -3.68. The van der Waals surface area contributed by atoms with E-state index in [1.807, 2.05) is 13.8 Å². The van der Waals surface area contributed by atoms with E-state index in [0.29, 0.717) is 17.8 Å². The second kappa shape index (κ2) is 8.59. The van der Waals surface area contributed by atoms with Crippen LogP contribution in [0.5, 0.6) is 0 Å². The van der Waals surface area contributed by atoms with Gasteiger partial charge < -0.3 is 4.90 Å². The molecule has 0 aliphatic heterocycles.